The molecule has 0 saturated carbocycles. The van der Waals surface area contributed by atoms with Gasteiger partial charge in [0.2, 0.25) is 0 Å². The standard InChI is InChI=1S/C14H24N4OS/c1-4-6-15-12-9-13(18-14(17-12)20-3)16-11-5-7-19-10(2)8-11/h9-11H,4-8H2,1-3H3,(H2,15,16,17,18). The summed E-state index contributed by atoms with van der Waals surface area (Å²) in [5.74, 6) is 1.80. The van der Waals surface area contributed by atoms with Crippen LogP contribution in [0.15, 0.2) is 11.2 Å². The van der Waals surface area contributed by atoms with Crippen LogP contribution in [0.4, 0.5) is 11.6 Å². The molecule has 112 valence electrons. The molecule has 1 aromatic rings. The summed E-state index contributed by atoms with van der Waals surface area (Å²) < 4.78 is 5.58. The van der Waals surface area contributed by atoms with Gasteiger partial charge >= 0.3 is 0 Å². The first kappa shape index (κ1) is 15.4. The minimum atomic E-state index is 0.320. The third-order valence-corrected chi connectivity index (χ3v) is 3.83. The SMILES string of the molecule is CCCNc1cc(NC2CCOC(C)C2)nc(SC)n1. The van der Waals surface area contributed by atoms with E-state index in [1.54, 1.807) is 11.8 Å². The minimum absolute atomic E-state index is 0.320. The van der Waals surface area contributed by atoms with E-state index in [2.05, 4.69) is 34.4 Å². The van der Waals surface area contributed by atoms with E-state index in [0.717, 1.165) is 49.2 Å². The average molecular weight is 296 g/mol. The highest BCUT2D eigenvalue weighted by atomic mass is 32.2. The molecular weight excluding hydrogens is 272 g/mol. The molecule has 1 aromatic heterocycles. The van der Waals surface area contributed by atoms with Crippen molar-refractivity contribution in [3.8, 4) is 0 Å². The van der Waals surface area contributed by atoms with Gasteiger partial charge in [-0.3, -0.25) is 0 Å². The topological polar surface area (TPSA) is 59.1 Å². The van der Waals surface area contributed by atoms with Gasteiger partial charge in [-0.25, -0.2) is 9.97 Å². The first-order chi connectivity index (χ1) is 9.71. The van der Waals surface area contributed by atoms with Gasteiger partial charge in [0.05, 0.1) is 6.10 Å². The highest BCUT2D eigenvalue weighted by Gasteiger charge is 2.19. The van der Waals surface area contributed by atoms with Crippen LogP contribution in [0.25, 0.3) is 0 Å². The molecule has 0 amide bonds. The Bertz CT molecular complexity index is 430. The third-order valence-electron chi connectivity index (χ3n) is 3.28. The van der Waals surface area contributed by atoms with E-state index in [-0.39, 0.29) is 0 Å². The molecular formula is C14H24N4OS. The van der Waals surface area contributed by atoms with Gasteiger partial charge in [-0.1, -0.05) is 18.7 Å². The highest BCUT2D eigenvalue weighted by molar-refractivity contribution is 7.98. The number of nitrogens with zero attached hydrogens (tertiary/aromatic N) is 2. The molecule has 1 aliphatic heterocycles. The fraction of sp³-hybridized carbons (Fsp3) is 0.714. The molecule has 0 bridgehead atoms. The molecule has 5 nitrogen and oxygen atoms in total. The maximum atomic E-state index is 5.58. The van der Waals surface area contributed by atoms with Gasteiger partial charge in [0.1, 0.15) is 11.6 Å². The second-order valence-electron chi connectivity index (χ2n) is 5.10. The van der Waals surface area contributed by atoms with Gasteiger partial charge in [0, 0.05) is 25.3 Å². The molecule has 0 aliphatic carbocycles. The van der Waals surface area contributed by atoms with Crippen molar-refractivity contribution in [3.63, 3.8) is 0 Å². The lowest BCUT2D eigenvalue weighted by molar-refractivity contribution is 0.0231. The zero-order valence-electron chi connectivity index (χ0n) is 12.5. The Hall–Kier alpha value is -1.01. The third kappa shape index (κ3) is 4.52. The lowest BCUT2D eigenvalue weighted by atomic mass is 10.0. The lowest BCUT2D eigenvalue weighted by Crippen LogP contribution is -2.32. The Morgan fingerprint density at radius 3 is 2.90 bits per heavy atom. The number of aromatic nitrogens is 2. The number of thioether (sulfide) groups is 1. The van der Waals surface area contributed by atoms with Gasteiger partial charge in [-0.05, 0) is 32.4 Å². The predicted molar refractivity (Wildman–Crippen MR) is 84.7 cm³/mol. The van der Waals surface area contributed by atoms with Crippen LogP contribution >= 0.6 is 11.8 Å². The quantitative estimate of drug-likeness (QED) is 0.621. The van der Waals surface area contributed by atoms with E-state index in [1.807, 2.05) is 12.3 Å². The summed E-state index contributed by atoms with van der Waals surface area (Å²) >= 11 is 1.57. The number of nitrogens with one attached hydrogen (secondary N) is 2. The van der Waals surface area contributed by atoms with E-state index in [9.17, 15) is 0 Å². The van der Waals surface area contributed by atoms with E-state index < -0.39 is 0 Å². The summed E-state index contributed by atoms with van der Waals surface area (Å²) in [6, 6.07) is 2.43. The van der Waals surface area contributed by atoms with Crippen LogP contribution in [-0.4, -0.2) is 41.5 Å². The number of rotatable bonds is 6. The maximum Gasteiger partial charge on any atom is 0.191 e. The first-order valence-electron chi connectivity index (χ1n) is 7.26. The van der Waals surface area contributed by atoms with Crippen molar-refractivity contribution >= 4 is 23.4 Å². The van der Waals surface area contributed by atoms with Crippen molar-refractivity contribution in [3.05, 3.63) is 6.07 Å². The van der Waals surface area contributed by atoms with Crippen LogP contribution in [-0.2, 0) is 4.74 Å². The molecule has 20 heavy (non-hydrogen) atoms. The molecule has 6 heteroatoms. The van der Waals surface area contributed by atoms with Crippen LogP contribution in [0, 0.1) is 0 Å². The average Bonchev–Trinajstić information content (AvgIpc) is 2.45. The van der Waals surface area contributed by atoms with E-state index in [4.69, 9.17) is 4.74 Å². The van der Waals surface area contributed by atoms with Crippen molar-refractivity contribution < 1.29 is 4.74 Å². The molecule has 2 atom stereocenters. The van der Waals surface area contributed by atoms with E-state index in [1.165, 1.54) is 0 Å². The van der Waals surface area contributed by atoms with Gasteiger partial charge in [0.25, 0.3) is 0 Å². The van der Waals surface area contributed by atoms with Crippen LogP contribution in [0.5, 0.6) is 0 Å². The van der Waals surface area contributed by atoms with Crippen molar-refractivity contribution in [2.45, 2.75) is 50.4 Å². The first-order valence-corrected chi connectivity index (χ1v) is 8.48. The summed E-state index contributed by atoms with van der Waals surface area (Å²) in [5, 5.41) is 7.64. The molecule has 0 spiro atoms. The zero-order chi connectivity index (χ0) is 14.4. The fourth-order valence-electron chi connectivity index (χ4n) is 2.27. The minimum Gasteiger partial charge on any atom is -0.378 e. The van der Waals surface area contributed by atoms with Crippen molar-refractivity contribution in [1.29, 1.82) is 0 Å². The molecule has 2 N–H and O–H groups in total. The zero-order valence-corrected chi connectivity index (χ0v) is 13.3. The molecule has 0 radical (unpaired) electrons. The fourth-order valence-corrected chi connectivity index (χ4v) is 2.65. The second kappa shape index (κ2) is 7.69. The Kier molecular flexibility index (Phi) is 5.91. The predicted octanol–water partition coefficient (Wildman–Crippen LogP) is 3.00. The smallest absolute Gasteiger partial charge is 0.191 e. The van der Waals surface area contributed by atoms with Gasteiger partial charge < -0.3 is 15.4 Å². The van der Waals surface area contributed by atoms with Crippen LogP contribution < -0.4 is 10.6 Å². The Morgan fingerprint density at radius 2 is 2.20 bits per heavy atom. The molecule has 2 unspecified atom stereocenters. The van der Waals surface area contributed by atoms with Crippen LogP contribution in [0.2, 0.25) is 0 Å². The Morgan fingerprint density at radius 1 is 1.40 bits per heavy atom. The van der Waals surface area contributed by atoms with E-state index >= 15 is 0 Å². The molecule has 2 rings (SSSR count). The van der Waals surface area contributed by atoms with Gasteiger partial charge in [-0.2, -0.15) is 0 Å². The highest BCUT2D eigenvalue weighted by Crippen LogP contribution is 2.21. The van der Waals surface area contributed by atoms with Crippen LogP contribution in [0.1, 0.15) is 33.1 Å². The second-order valence-corrected chi connectivity index (χ2v) is 5.87. The number of hydrogen-bond donors (Lipinski definition) is 2. The summed E-state index contributed by atoms with van der Waals surface area (Å²) in [6.45, 7) is 6.01. The monoisotopic (exact) mass is 296 g/mol. The Balaban J connectivity index is 2.05. The van der Waals surface area contributed by atoms with E-state index in [0.29, 0.717) is 12.1 Å². The van der Waals surface area contributed by atoms with Gasteiger partial charge in [0.15, 0.2) is 5.16 Å². The number of hydrogen-bond acceptors (Lipinski definition) is 6. The molecule has 1 fully saturated rings. The van der Waals surface area contributed by atoms with Gasteiger partial charge in [-0.15, -0.1) is 0 Å². The normalized spacial score (nSPS) is 22.6. The molecule has 1 aliphatic rings. The number of anilines is 2. The Labute approximate surface area is 125 Å². The maximum absolute atomic E-state index is 5.58. The summed E-state index contributed by atoms with van der Waals surface area (Å²) in [5.41, 5.74) is 0. The summed E-state index contributed by atoms with van der Waals surface area (Å²) in [4.78, 5) is 9.01. The molecule has 2 heterocycles. The molecule has 1 saturated heterocycles. The van der Waals surface area contributed by atoms with Crippen molar-refractivity contribution in [2.24, 2.45) is 0 Å². The van der Waals surface area contributed by atoms with Crippen molar-refractivity contribution in [1.82, 2.24) is 9.97 Å². The van der Waals surface area contributed by atoms with Crippen molar-refractivity contribution in [2.75, 3.05) is 30.0 Å². The molecule has 0 aromatic carbocycles. The number of ether oxygens (including phenoxy) is 1. The summed E-state index contributed by atoms with van der Waals surface area (Å²) in [7, 11) is 0. The largest absolute Gasteiger partial charge is 0.378 e. The summed E-state index contributed by atoms with van der Waals surface area (Å²) in [6.07, 6.45) is 5.45. The lowest BCUT2D eigenvalue weighted by Gasteiger charge is -2.28. The van der Waals surface area contributed by atoms with Crippen LogP contribution in [0.3, 0.4) is 0 Å².